The predicted molar refractivity (Wildman–Crippen MR) is 141 cm³/mol. The van der Waals surface area contributed by atoms with Crippen LogP contribution in [0.15, 0.2) is 73.1 Å². The number of amides is 1. The van der Waals surface area contributed by atoms with Crippen LogP contribution in [-0.4, -0.2) is 28.8 Å². The van der Waals surface area contributed by atoms with Gasteiger partial charge in [-0.25, -0.2) is 0 Å². The maximum Gasteiger partial charge on any atom is 0.255 e. The van der Waals surface area contributed by atoms with Gasteiger partial charge in [0.15, 0.2) is 0 Å². The Morgan fingerprint density at radius 1 is 1.14 bits per heavy atom. The van der Waals surface area contributed by atoms with Crippen molar-refractivity contribution in [1.29, 1.82) is 5.26 Å². The Bertz CT molecular complexity index is 1570. The Morgan fingerprint density at radius 2 is 1.95 bits per heavy atom. The molecule has 5 rings (SSSR count). The number of aromatic hydroxyl groups is 1. The number of ether oxygens (including phenoxy) is 2. The van der Waals surface area contributed by atoms with Crippen molar-refractivity contribution in [3.63, 3.8) is 0 Å². The van der Waals surface area contributed by atoms with Gasteiger partial charge in [0.1, 0.15) is 11.8 Å². The number of phenols is 1. The van der Waals surface area contributed by atoms with Crippen LogP contribution in [0.2, 0.25) is 10.0 Å². The maximum atomic E-state index is 12.5. The fraction of sp³-hybridized carbons (Fsp3) is 0.143. The van der Waals surface area contributed by atoms with Gasteiger partial charge in [0.25, 0.3) is 5.91 Å². The highest BCUT2D eigenvalue weighted by atomic mass is 35.5. The van der Waals surface area contributed by atoms with Gasteiger partial charge in [-0.15, -0.1) is 0 Å². The van der Waals surface area contributed by atoms with E-state index < -0.39 is 11.7 Å². The van der Waals surface area contributed by atoms with Crippen LogP contribution in [0.5, 0.6) is 5.75 Å². The lowest BCUT2D eigenvalue weighted by atomic mass is 10.1. The summed E-state index contributed by atoms with van der Waals surface area (Å²) in [5.41, 5.74) is 2.87. The third-order valence-electron chi connectivity index (χ3n) is 6.18. The van der Waals surface area contributed by atoms with Crippen molar-refractivity contribution in [2.24, 2.45) is 0 Å². The second-order valence-electron chi connectivity index (χ2n) is 8.45. The van der Waals surface area contributed by atoms with Crippen molar-refractivity contribution in [3.8, 4) is 11.8 Å². The topological polar surface area (TPSA) is 96.5 Å². The number of nitrogens with one attached hydrogen (secondary N) is 1. The minimum absolute atomic E-state index is 0.0376. The van der Waals surface area contributed by atoms with Crippen molar-refractivity contribution in [1.82, 2.24) is 9.88 Å². The molecule has 1 aliphatic heterocycles. The molecule has 1 aromatic heterocycles. The van der Waals surface area contributed by atoms with Crippen LogP contribution in [-0.2, 0) is 21.8 Å². The minimum atomic E-state index is -1.04. The summed E-state index contributed by atoms with van der Waals surface area (Å²) >= 11 is 12.6. The van der Waals surface area contributed by atoms with Gasteiger partial charge in [-0.1, -0.05) is 41.4 Å². The van der Waals surface area contributed by atoms with Crippen LogP contribution < -0.4 is 5.32 Å². The van der Waals surface area contributed by atoms with Crippen molar-refractivity contribution < 1.29 is 19.4 Å². The Morgan fingerprint density at radius 3 is 2.70 bits per heavy atom. The van der Waals surface area contributed by atoms with Crippen molar-refractivity contribution in [2.75, 3.05) is 13.2 Å². The molecule has 186 valence electrons. The molecule has 0 saturated carbocycles. The molecule has 3 aromatic carbocycles. The van der Waals surface area contributed by atoms with E-state index in [0.29, 0.717) is 35.4 Å². The molecule has 0 spiro atoms. The first-order valence-electron chi connectivity index (χ1n) is 11.4. The number of nitrogens with zero attached hydrogens (tertiary/aromatic N) is 2. The summed E-state index contributed by atoms with van der Waals surface area (Å²) in [6, 6.07) is 19.1. The summed E-state index contributed by atoms with van der Waals surface area (Å²) < 4.78 is 14.2. The van der Waals surface area contributed by atoms with Crippen LogP contribution in [0, 0.1) is 11.3 Å². The molecule has 1 aliphatic rings. The number of aromatic nitrogens is 1. The van der Waals surface area contributed by atoms with E-state index in [1.54, 1.807) is 24.4 Å². The highest BCUT2D eigenvalue weighted by molar-refractivity contribution is 6.35. The standard InChI is InChI=1S/C28H21Cl2N3O4/c29-21-5-6-23(24(30)15-21)28(36-12-13-37-28)17-33-11-9-22-18(2-1-3-25(22)33)8-10-32-27(35)19-4-7-26(34)20(14-19)16-31/h1-11,14-15,34H,12-13,17H2,(H,32,35)/b10-8+. The monoisotopic (exact) mass is 533 g/mol. The molecule has 4 aromatic rings. The molecule has 0 bridgehead atoms. The number of fused-ring (bicyclic) bond motifs is 1. The largest absolute Gasteiger partial charge is 0.507 e. The number of carbonyl (C=O) groups is 1. The molecule has 1 saturated heterocycles. The van der Waals surface area contributed by atoms with Crippen LogP contribution in [0.25, 0.3) is 17.0 Å². The third-order valence-corrected chi connectivity index (χ3v) is 6.73. The van der Waals surface area contributed by atoms with E-state index in [1.165, 1.54) is 18.2 Å². The van der Waals surface area contributed by atoms with Crippen molar-refractivity contribution >= 4 is 46.1 Å². The van der Waals surface area contributed by atoms with E-state index in [1.807, 2.05) is 47.2 Å². The Kier molecular flexibility index (Phi) is 6.92. The first-order chi connectivity index (χ1) is 17.9. The lowest BCUT2D eigenvalue weighted by molar-refractivity contribution is -0.175. The van der Waals surface area contributed by atoms with E-state index in [4.69, 9.17) is 37.9 Å². The number of nitriles is 1. The van der Waals surface area contributed by atoms with Crippen LogP contribution in [0.3, 0.4) is 0 Å². The minimum Gasteiger partial charge on any atom is -0.507 e. The molecule has 2 N–H and O–H groups in total. The van der Waals surface area contributed by atoms with E-state index >= 15 is 0 Å². The summed E-state index contributed by atoms with van der Waals surface area (Å²) in [6.45, 7) is 1.27. The van der Waals surface area contributed by atoms with Crippen LogP contribution in [0.4, 0.5) is 0 Å². The second-order valence-corrected chi connectivity index (χ2v) is 9.29. The van der Waals surface area contributed by atoms with Gasteiger partial charge in [0.05, 0.1) is 30.3 Å². The summed E-state index contributed by atoms with van der Waals surface area (Å²) in [5, 5.41) is 23.4. The molecule has 1 amide bonds. The molecule has 0 unspecified atom stereocenters. The highest BCUT2D eigenvalue weighted by Gasteiger charge is 2.41. The zero-order chi connectivity index (χ0) is 26.0. The number of rotatable bonds is 6. The molecule has 0 atom stereocenters. The highest BCUT2D eigenvalue weighted by Crippen LogP contribution is 2.39. The first-order valence-corrected chi connectivity index (χ1v) is 12.2. The fourth-order valence-corrected chi connectivity index (χ4v) is 4.95. The number of halogens is 2. The quantitative estimate of drug-likeness (QED) is 0.325. The zero-order valence-electron chi connectivity index (χ0n) is 19.4. The van der Waals surface area contributed by atoms with E-state index in [9.17, 15) is 9.90 Å². The number of phenolic OH excluding ortho intramolecular Hbond substituents is 1. The van der Waals surface area contributed by atoms with Gasteiger partial charge >= 0.3 is 0 Å². The summed E-state index contributed by atoms with van der Waals surface area (Å²) in [4.78, 5) is 12.5. The zero-order valence-corrected chi connectivity index (χ0v) is 21.0. The van der Waals surface area contributed by atoms with Crippen molar-refractivity contribution in [2.45, 2.75) is 12.3 Å². The summed E-state index contributed by atoms with van der Waals surface area (Å²) in [5.74, 6) is -1.60. The normalized spacial score (nSPS) is 14.7. The van der Waals surface area contributed by atoms with Crippen molar-refractivity contribution in [3.05, 3.63) is 105 Å². The Hall–Kier alpha value is -3.80. The van der Waals surface area contributed by atoms with E-state index in [0.717, 1.165) is 16.5 Å². The number of carbonyl (C=O) groups excluding carboxylic acids is 1. The Labute approximate surface area is 223 Å². The molecule has 0 radical (unpaired) electrons. The SMILES string of the molecule is N#Cc1cc(C(=O)N/C=C/c2cccc3c2ccn3CC2(c3ccc(Cl)cc3Cl)OCCO2)ccc1O. The molecule has 9 heteroatoms. The van der Waals surface area contributed by atoms with Gasteiger partial charge in [-0.3, -0.25) is 4.79 Å². The van der Waals surface area contributed by atoms with Gasteiger partial charge in [-0.05, 0) is 54.1 Å². The first kappa shape index (κ1) is 24.9. The fourth-order valence-electron chi connectivity index (χ4n) is 4.40. The van der Waals surface area contributed by atoms with Gasteiger partial charge < -0.3 is 24.5 Å². The van der Waals surface area contributed by atoms with Gasteiger partial charge in [-0.2, -0.15) is 5.26 Å². The van der Waals surface area contributed by atoms with Gasteiger partial charge in [0.2, 0.25) is 5.79 Å². The molecule has 2 heterocycles. The third kappa shape index (κ3) is 4.93. The summed E-state index contributed by atoms with van der Waals surface area (Å²) in [7, 11) is 0. The average molecular weight is 534 g/mol. The lowest BCUT2D eigenvalue weighted by Crippen LogP contribution is -2.33. The molecule has 0 aliphatic carbocycles. The number of hydrogen-bond acceptors (Lipinski definition) is 5. The Balaban J connectivity index is 1.39. The summed E-state index contributed by atoms with van der Waals surface area (Å²) in [6.07, 6.45) is 5.30. The van der Waals surface area contributed by atoms with Gasteiger partial charge in [0, 0.05) is 39.4 Å². The van der Waals surface area contributed by atoms with Crippen LogP contribution in [0.1, 0.15) is 27.0 Å². The average Bonchev–Trinajstić information content (AvgIpc) is 3.53. The van der Waals surface area contributed by atoms with E-state index in [2.05, 4.69) is 5.32 Å². The molecule has 7 nitrogen and oxygen atoms in total. The van der Waals surface area contributed by atoms with E-state index in [-0.39, 0.29) is 16.9 Å². The lowest BCUT2D eigenvalue weighted by Gasteiger charge is -2.29. The number of benzene rings is 3. The molecule has 1 fully saturated rings. The van der Waals surface area contributed by atoms with Crippen LogP contribution >= 0.6 is 23.2 Å². The second kappa shape index (κ2) is 10.3. The smallest absolute Gasteiger partial charge is 0.255 e. The molecule has 37 heavy (non-hydrogen) atoms. The molecular weight excluding hydrogens is 513 g/mol. The molecular formula is C28H21Cl2N3O4. The maximum absolute atomic E-state index is 12.5. The predicted octanol–water partition coefficient (Wildman–Crippen LogP) is 5.83. The number of hydrogen-bond donors (Lipinski definition) is 2.